The topological polar surface area (TPSA) is 35.6 Å². The first-order valence-electron chi connectivity index (χ1n) is 10.7. The fourth-order valence-electron chi connectivity index (χ4n) is 4.65. The van der Waals surface area contributed by atoms with Crippen molar-refractivity contribution in [3.8, 4) is 11.4 Å². The van der Waals surface area contributed by atoms with Crippen molar-refractivity contribution in [2.45, 2.75) is 0 Å². The predicted molar refractivity (Wildman–Crippen MR) is 131 cm³/mol. The maximum absolute atomic E-state index is 4.76. The average molecular weight is 410 g/mol. The molecule has 32 heavy (non-hydrogen) atoms. The number of aromatic nitrogens is 4. The zero-order valence-electron chi connectivity index (χ0n) is 17.2. The SMILES string of the molecule is c1ccc(-n2nc3ccc(-n4c5ccccc5c5cc6ccccc6cc54)cc3n2)cc1. The number of hydrogen-bond acceptors (Lipinski definition) is 2. The first-order chi connectivity index (χ1) is 15.8. The summed E-state index contributed by atoms with van der Waals surface area (Å²) in [5, 5.41) is 14.4. The van der Waals surface area contributed by atoms with Gasteiger partial charge in [0.05, 0.1) is 16.7 Å². The molecule has 0 fully saturated rings. The van der Waals surface area contributed by atoms with E-state index in [1.165, 1.54) is 32.6 Å². The number of rotatable bonds is 2. The van der Waals surface area contributed by atoms with Crippen LogP contribution in [0.1, 0.15) is 0 Å². The summed E-state index contributed by atoms with van der Waals surface area (Å²) in [6.07, 6.45) is 0. The van der Waals surface area contributed by atoms with Gasteiger partial charge >= 0.3 is 0 Å². The molecule has 0 aliphatic rings. The van der Waals surface area contributed by atoms with Crippen LogP contribution in [0.5, 0.6) is 0 Å². The van der Waals surface area contributed by atoms with Crippen LogP contribution in [0.2, 0.25) is 0 Å². The van der Waals surface area contributed by atoms with Gasteiger partial charge in [0, 0.05) is 16.5 Å². The third-order valence-corrected chi connectivity index (χ3v) is 6.15. The van der Waals surface area contributed by atoms with E-state index in [1.54, 1.807) is 4.80 Å². The molecule has 150 valence electrons. The summed E-state index contributed by atoms with van der Waals surface area (Å²) >= 11 is 0. The Morgan fingerprint density at radius 3 is 2.06 bits per heavy atom. The molecule has 2 aromatic heterocycles. The van der Waals surface area contributed by atoms with Gasteiger partial charge in [-0.15, -0.1) is 10.2 Å². The van der Waals surface area contributed by atoms with Crippen molar-refractivity contribution in [3.05, 3.63) is 109 Å². The van der Waals surface area contributed by atoms with Crippen molar-refractivity contribution >= 4 is 43.6 Å². The lowest BCUT2D eigenvalue weighted by molar-refractivity contribution is 0.766. The molecule has 0 saturated heterocycles. The summed E-state index contributed by atoms with van der Waals surface area (Å²) in [4.78, 5) is 1.70. The van der Waals surface area contributed by atoms with Crippen molar-refractivity contribution in [2.24, 2.45) is 0 Å². The van der Waals surface area contributed by atoms with Crippen molar-refractivity contribution in [2.75, 3.05) is 0 Å². The third-order valence-electron chi connectivity index (χ3n) is 6.15. The highest BCUT2D eigenvalue weighted by atomic mass is 15.5. The molecule has 0 N–H and O–H groups in total. The van der Waals surface area contributed by atoms with Gasteiger partial charge in [0.2, 0.25) is 0 Å². The minimum absolute atomic E-state index is 0.873. The first kappa shape index (κ1) is 17.3. The quantitative estimate of drug-likeness (QED) is 0.319. The fourth-order valence-corrected chi connectivity index (χ4v) is 4.65. The second-order valence-electron chi connectivity index (χ2n) is 8.07. The molecule has 0 bridgehead atoms. The van der Waals surface area contributed by atoms with Crippen molar-refractivity contribution in [1.29, 1.82) is 0 Å². The molecule has 0 radical (unpaired) electrons. The Morgan fingerprint density at radius 1 is 0.469 bits per heavy atom. The van der Waals surface area contributed by atoms with E-state index in [0.29, 0.717) is 0 Å². The highest BCUT2D eigenvalue weighted by molar-refractivity contribution is 6.13. The molecule has 0 amide bonds. The molecule has 0 aliphatic heterocycles. The standard InChI is InChI=1S/C28H18N4/c1-2-10-21(11-3-1)32-29-25-15-14-22(18-26(25)30-32)31-27-13-7-6-12-23(27)24-16-19-8-4-5-9-20(19)17-28(24)31/h1-18H. The fraction of sp³-hybridized carbons (Fsp3) is 0. The van der Waals surface area contributed by atoms with Crippen LogP contribution >= 0.6 is 0 Å². The smallest absolute Gasteiger partial charge is 0.115 e. The average Bonchev–Trinajstić information content (AvgIpc) is 3.42. The zero-order valence-corrected chi connectivity index (χ0v) is 17.2. The summed E-state index contributed by atoms with van der Waals surface area (Å²) in [5.41, 5.74) is 6.17. The Morgan fingerprint density at radius 2 is 1.19 bits per heavy atom. The van der Waals surface area contributed by atoms with Gasteiger partial charge in [-0.2, -0.15) is 4.80 Å². The van der Waals surface area contributed by atoms with Gasteiger partial charge in [-0.1, -0.05) is 60.7 Å². The second-order valence-corrected chi connectivity index (χ2v) is 8.07. The van der Waals surface area contributed by atoms with Crippen LogP contribution in [0, 0.1) is 0 Å². The monoisotopic (exact) mass is 410 g/mol. The number of nitrogens with zero attached hydrogens (tertiary/aromatic N) is 4. The summed E-state index contributed by atoms with van der Waals surface area (Å²) in [5.74, 6) is 0. The first-order valence-corrected chi connectivity index (χ1v) is 10.7. The van der Waals surface area contributed by atoms with Crippen LogP contribution < -0.4 is 0 Å². The van der Waals surface area contributed by atoms with E-state index in [-0.39, 0.29) is 0 Å². The van der Waals surface area contributed by atoms with Crippen LogP contribution in [0.15, 0.2) is 109 Å². The van der Waals surface area contributed by atoms with Gasteiger partial charge in [-0.3, -0.25) is 0 Å². The summed E-state index contributed by atoms with van der Waals surface area (Å²) < 4.78 is 2.33. The maximum atomic E-state index is 4.76. The van der Waals surface area contributed by atoms with Crippen LogP contribution in [0.4, 0.5) is 0 Å². The normalized spacial score (nSPS) is 11.8. The Kier molecular flexibility index (Phi) is 3.52. The van der Waals surface area contributed by atoms with Crippen molar-refractivity contribution in [1.82, 2.24) is 19.6 Å². The Bertz CT molecular complexity index is 1770. The highest BCUT2D eigenvalue weighted by Gasteiger charge is 2.14. The van der Waals surface area contributed by atoms with E-state index >= 15 is 0 Å². The minimum Gasteiger partial charge on any atom is -0.309 e. The molecule has 7 rings (SSSR count). The molecule has 2 heterocycles. The minimum atomic E-state index is 0.873. The molecule has 0 aliphatic carbocycles. The number of hydrogen-bond donors (Lipinski definition) is 0. The molecule has 4 heteroatoms. The molecule has 0 spiro atoms. The van der Waals surface area contributed by atoms with Crippen LogP contribution in [-0.4, -0.2) is 19.6 Å². The number of para-hydroxylation sites is 2. The van der Waals surface area contributed by atoms with Crippen LogP contribution in [0.3, 0.4) is 0 Å². The second kappa shape index (κ2) is 6.53. The maximum Gasteiger partial charge on any atom is 0.115 e. The predicted octanol–water partition coefficient (Wildman–Crippen LogP) is 6.67. The molecular formula is C28H18N4. The Labute approximate surface area is 183 Å². The van der Waals surface area contributed by atoms with Crippen molar-refractivity contribution in [3.63, 3.8) is 0 Å². The van der Waals surface area contributed by atoms with E-state index in [1.807, 2.05) is 30.3 Å². The summed E-state index contributed by atoms with van der Waals surface area (Å²) in [7, 11) is 0. The van der Waals surface area contributed by atoms with Gasteiger partial charge in [-0.25, -0.2) is 0 Å². The lowest BCUT2D eigenvalue weighted by atomic mass is 10.1. The molecule has 5 aromatic carbocycles. The number of fused-ring (bicyclic) bond motifs is 5. The lowest BCUT2D eigenvalue weighted by Gasteiger charge is -2.08. The van der Waals surface area contributed by atoms with E-state index in [9.17, 15) is 0 Å². The Balaban J connectivity index is 1.51. The number of benzene rings is 5. The third kappa shape index (κ3) is 2.50. The highest BCUT2D eigenvalue weighted by Crippen LogP contribution is 2.35. The molecule has 7 aromatic rings. The molecule has 4 nitrogen and oxygen atoms in total. The van der Waals surface area contributed by atoms with Gasteiger partial charge in [0.25, 0.3) is 0 Å². The molecule has 0 unspecified atom stereocenters. The Hall–Kier alpha value is -4.44. The lowest BCUT2D eigenvalue weighted by Crippen LogP contribution is -1.97. The van der Waals surface area contributed by atoms with E-state index < -0.39 is 0 Å². The van der Waals surface area contributed by atoms with E-state index in [4.69, 9.17) is 5.10 Å². The largest absolute Gasteiger partial charge is 0.309 e. The van der Waals surface area contributed by atoms with Gasteiger partial charge in [0.15, 0.2) is 0 Å². The summed E-state index contributed by atoms with van der Waals surface area (Å²) in [6, 6.07) is 38.0. The zero-order chi connectivity index (χ0) is 21.1. The van der Waals surface area contributed by atoms with Gasteiger partial charge in [-0.05, 0) is 59.3 Å². The van der Waals surface area contributed by atoms with Crippen molar-refractivity contribution < 1.29 is 0 Å². The van der Waals surface area contributed by atoms with Gasteiger partial charge < -0.3 is 4.57 Å². The van der Waals surface area contributed by atoms with Gasteiger partial charge in [0.1, 0.15) is 11.0 Å². The van der Waals surface area contributed by atoms with Crippen LogP contribution in [0.25, 0.3) is 55.0 Å². The molecule has 0 saturated carbocycles. The molecular weight excluding hydrogens is 392 g/mol. The van der Waals surface area contributed by atoms with E-state index in [2.05, 4.69) is 88.5 Å². The summed E-state index contributed by atoms with van der Waals surface area (Å²) in [6.45, 7) is 0. The van der Waals surface area contributed by atoms with Crippen LogP contribution in [-0.2, 0) is 0 Å². The van der Waals surface area contributed by atoms with E-state index in [0.717, 1.165) is 22.4 Å². The molecule has 0 atom stereocenters.